The molecule has 1 fully saturated rings. The van der Waals surface area contributed by atoms with E-state index in [1.165, 1.54) is 0 Å². The van der Waals surface area contributed by atoms with Crippen molar-refractivity contribution in [3.63, 3.8) is 0 Å². The van der Waals surface area contributed by atoms with Crippen molar-refractivity contribution in [2.24, 2.45) is 5.92 Å². The highest BCUT2D eigenvalue weighted by Crippen LogP contribution is 2.36. The van der Waals surface area contributed by atoms with Gasteiger partial charge in [0, 0.05) is 31.6 Å². The minimum atomic E-state index is 0.0139. The second-order valence-electron chi connectivity index (χ2n) is 4.75. The summed E-state index contributed by atoms with van der Waals surface area (Å²) in [4.78, 5) is 13.7. The number of hydrogen-bond acceptors (Lipinski definition) is 4. The lowest BCUT2D eigenvalue weighted by molar-refractivity contribution is -0.117. The molecule has 1 aromatic carbocycles. The van der Waals surface area contributed by atoms with Gasteiger partial charge in [-0.2, -0.15) is 0 Å². The highest BCUT2D eigenvalue weighted by atomic mass is 16.5. The molecular weight excluding hydrogens is 246 g/mol. The van der Waals surface area contributed by atoms with Gasteiger partial charge in [-0.05, 0) is 18.6 Å². The van der Waals surface area contributed by atoms with Crippen LogP contribution in [0.25, 0.3) is 0 Å². The van der Waals surface area contributed by atoms with Crippen molar-refractivity contribution in [3.8, 4) is 11.5 Å². The SMILES string of the molecule is COc1cc(C)c(N2CC(CO)CC2=O)cc1OC. The monoisotopic (exact) mass is 265 g/mol. The van der Waals surface area contributed by atoms with Gasteiger partial charge in [-0.25, -0.2) is 0 Å². The van der Waals surface area contributed by atoms with E-state index >= 15 is 0 Å². The molecule has 0 spiro atoms. The lowest BCUT2D eigenvalue weighted by Gasteiger charge is -2.21. The number of anilines is 1. The Hall–Kier alpha value is -1.75. The van der Waals surface area contributed by atoms with Crippen LogP contribution in [-0.4, -0.2) is 38.4 Å². The molecule has 1 unspecified atom stereocenters. The number of methoxy groups -OCH3 is 2. The maximum atomic E-state index is 12.0. The third-order valence-electron chi connectivity index (χ3n) is 3.46. The molecule has 0 radical (unpaired) electrons. The van der Waals surface area contributed by atoms with Gasteiger partial charge in [-0.3, -0.25) is 4.79 Å². The molecule has 5 heteroatoms. The average Bonchev–Trinajstić information content (AvgIpc) is 2.79. The number of hydrogen-bond donors (Lipinski definition) is 1. The quantitative estimate of drug-likeness (QED) is 0.893. The topological polar surface area (TPSA) is 59.0 Å². The Morgan fingerprint density at radius 1 is 1.32 bits per heavy atom. The fourth-order valence-electron chi connectivity index (χ4n) is 2.40. The largest absolute Gasteiger partial charge is 0.493 e. The molecule has 2 rings (SSSR count). The van der Waals surface area contributed by atoms with Gasteiger partial charge in [0.1, 0.15) is 0 Å². The first-order valence-corrected chi connectivity index (χ1v) is 6.24. The first-order valence-electron chi connectivity index (χ1n) is 6.24. The van der Waals surface area contributed by atoms with Crippen molar-refractivity contribution in [3.05, 3.63) is 17.7 Å². The van der Waals surface area contributed by atoms with Gasteiger partial charge in [-0.1, -0.05) is 0 Å². The van der Waals surface area contributed by atoms with Crippen LogP contribution in [0.3, 0.4) is 0 Å². The summed E-state index contributed by atoms with van der Waals surface area (Å²) in [6.07, 6.45) is 0.393. The molecule has 19 heavy (non-hydrogen) atoms. The fourth-order valence-corrected chi connectivity index (χ4v) is 2.40. The Kier molecular flexibility index (Phi) is 3.95. The van der Waals surface area contributed by atoms with Crippen LogP contribution in [0.2, 0.25) is 0 Å². The van der Waals surface area contributed by atoms with E-state index in [0.29, 0.717) is 24.5 Å². The third-order valence-corrected chi connectivity index (χ3v) is 3.46. The van der Waals surface area contributed by atoms with Crippen LogP contribution < -0.4 is 14.4 Å². The fraction of sp³-hybridized carbons (Fsp3) is 0.500. The Morgan fingerprint density at radius 3 is 2.47 bits per heavy atom. The van der Waals surface area contributed by atoms with Gasteiger partial charge >= 0.3 is 0 Å². The minimum absolute atomic E-state index is 0.0139. The standard InChI is InChI=1S/C14H19NO4/c1-9-4-12(18-2)13(19-3)6-11(9)15-7-10(8-16)5-14(15)17/h4,6,10,16H,5,7-8H2,1-3H3. The average molecular weight is 265 g/mol. The zero-order valence-corrected chi connectivity index (χ0v) is 11.5. The van der Waals surface area contributed by atoms with Crippen LogP contribution in [0, 0.1) is 12.8 Å². The van der Waals surface area contributed by atoms with Crippen molar-refractivity contribution in [2.45, 2.75) is 13.3 Å². The van der Waals surface area contributed by atoms with Gasteiger partial charge in [0.05, 0.1) is 19.9 Å². The number of ether oxygens (including phenoxy) is 2. The molecule has 104 valence electrons. The number of aliphatic hydroxyl groups excluding tert-OH is 1. The van der Waals surface area contributed by atoms with E-state index in [9.17, 15) is 9.90 Å². The normalized spacial score (nSPS) is 18.8. The van der Waals surface area contributed by atoms with Gasteiger partial charge in [0.25, 0.3) is 0 Å². The van der Waals surface area contributed by atoms with E-state index in [0.717, 1.165) is 11.3 Å². The zero-order chi connectivity index (χ0) is 14.0. The summed E-state index contributed by atoms with van der Waals surface area (Å²) < 4.78 is 10.5. The van der Waals surface area contributed by atoms with Crippen LogP contribution in [0.1, 0.15) is 12.0 Å². The number of carbonyl (C=O) groups is 1. The number of rotatable bonds is 4. The molecule has 5 nitrogen and oxygen atoms in total. The maximum absolute atomic E-state index is 12.0. The summed E-state index contributed by atoms with van der Waals surface area (Å²) in [5.74, 6) is 1.30. The Labute approximate surface area is 112 Å². The molecule has 1 atom stereocenters. The first-order chi connectivity index (χ1) is 9.10. The Balaban J connectivity index is 2.37. The highest BCUT2D eigenvalue weighted by molar-refractivity contribution is 5.96. The molecule has 1 heterocycles. The molecule has 1 N–H and O–H groups in total. The van der Waals surface area contributed by atoms with Crippen LogP contribution in [-0.2, 0) is 4.79 Å². The summed E-state index contributed by atoms with van der Waals surface area (Å²) in [5, 5.41) is 9.18. The Bertz CT molecular complexity index is 487. The molecule has 1 saturated heterocycles. The van der Waals surface area contributed by atoms with Gasteiger partial charge < -0.3 is 19.5 Å². The number of aliphatic hydroxyl groups is 1. The zero-order valence-electron chi connectivity index (χ0n) is 11.5. The molecule has 0 bridgehead atoms. The molecule has 0 saturated carbocycles. The van der Waals surface area contributed by atoms with Crippen LogP contribution >= 0.6 is 0 Å². The smallest absolute Gasteiger partial charge is 0.227 e. The molecular formula is C14H19NO4. The predicted octanol–water partition coefficient (Wildman–Crippen LogP) is 1.36. The predicted molar refractivity (Wildman–Crippen MR) is 71.8 cm³/mol. The van der Waals surface area contributed by atoms with E-state index < -0.39 is 0 Å². The number of carbonyl (C=O) groups excluding carboxylic acids is 1. The number of nitrogens with zero attached hydrogens (tertiary/aromatic N) is 1. The number of amides is 1. The van der Waals surface area contributed by atoms with E-state index in [2.05, 4.69) is 0 Å². The highest BCUT2D eigenvalue weighted by Gasteiger charge is 2.31. The summed E-state index contributed by atoms with van der Waals surface area (Å²) in [7, 11) is 3.15. The van der Waals surface area contributed by atoms with Crippen LogP contribution in [0.15, 0.2) is 12.1 Å². The summed E-state index contributed by atoms with van der Waals surface area (Å²) >= 11 is 0. The lowest BCUT2D eigenvalue weighted by Crippen LogP contribution is -2.25. The van der Waals surface area contributed by atoms with Crippen molar-refractivity contribution >= 4 is 11.6 Å². The second-order valence-corrected chi connectivity index (χ2v) is 4.75. The number of benzene rings is 1. The maximum Gasteiger partial charge on any atom is 0.227 e. The molecule has 1 aliphatic heterocycles. The third kappa shape index (κ3) is 2.51. The van der Waals surface area contributed by atoms with Gasteiger partial charge in [0.15, 0.2) is 11.5 Å². The summed E-state index contributed by atoms with van der Waals surface area (Å²) in [6.45, 7) is 2.51. The minimum Gasteiger partial charge on any atom is -0.493 e. The van der Waals surface area contributed by atoms with Gasteiger partial charge in [0.2, 0.25) is 5.91 Å². The van der Waals surface area contributed by atoms with Crippen molar-refractivity contribution in [2.75, 3.05) is 32.3 Å². The molecule has 1 aromatic rings. The lowest BCUT2D eigenvalue weighted by atomic mass is 10.1. The molecule has 1 amide bonds. The molecule has 1 aliphatic rings. The number of aryl methyl sites for hydroxylation is 1. The van der Waals surface area contributed by atoms with E-state index in [1.54, 1.807) is 19.1 Å². The summed E-state index contributed by atoms with van der Waals surface area (Å²) in [6, 6.07) is 3.67. The van der Waals surface area contributed by atoms with E-state index in [-0.39, 0.29) is 18.4 Å². The van der Waals surface area contributed by atoms with Gasteiger partial charge in [-0.15, -0.1) is 0 Å². The Morgan fingerprint density at radius 2 is 1.95 bits per heavy atom. The second kappa shape index (κ2) is 5.48. The van der Waals surface area contributed by atoms with Crippen LogP contribution in [0.4, 0.5) is 5.69 Å². The van der Waals surface area contributed by atoms with E-state index in [4.69, 9.17) is 9.47 Å². The molecule has 0 aliphatic carbocycles. The first kappa shape index (κ1) is 13.7. The molecule has 0 aromatic heterocycles. The summed E-state index contributed by atoms with van der Waals surface area (Å²) in [5.41, 5.74) is 1.77. The van der Waals surface area contributed by atoms with Crippen molar-refractivity contribution < 1.29 is 19.4 Å². The van der Waals surface area contributed by atoms with Crippen molar-refractivity contribution in [1.82, 2.24) is 0 Å². The van der Waals surface area contributed by atoms with Crippen molar-refractivity contribution in [1.29, 1.82) is 0 Å². The van der Waals surface area contributed by atoms with E-state index in [1.807, 2.05) is 19.1 Å². The van der Waals surface area contributed by atoms with Crippen LogP contribution in [0.5, 0.6) is 11.5 Å².